The summed E-state index contributed by atoms with van der Waals surface area (Å²) in [6.45, 7) is 2.05. The zero-order valence-corrected chi connectivity index (χ0v) is 16.7. The van der Waals surface area contributed by atoms with Crippen LogP contribution in [-0.4, -0.2) is 59.8 Å². The molecule has 1 aromatic carbocycles. The Morgan fingerprint density at radius 3 is 2.65 bits per heavy atom. The lowest BCUT2D eigenvalue weighted by Crippen LogP contribution is -2.42. The Hall–Kier alpha value is -3.69. The maximum absolute atomic E-state index is 13.4. The van der Waals surface area contributed by atoms with Crippen molar-refractivity contribution in [3.8, 4) is 17.1 Å². The minimum atomic E-state index is -2.69. The van der Waals surface area contributed by atoms with Crippen LogP contribution in [0.1, 0.15) is 28.8 Å². The van der Waals surface area contributed by atoms with Crippen molar-refractivity contribution >= 4 is 16.9 Å². The standard InChI is InChI=1S/C21H19F2N7O/c1-13-8-14(18-25-12-26-28-18)2-3-17(13)30-19-15(11-27-30)9-16(10-24-19)20(31)29-6-4-21(22,23)5-7-29/h2-3,8-12H,4-7H2,1H3,(H,25,26,28). The predicted molar refractivity (Wildman–Crippen MR) is 109 cm³/mol. The lowest BCUT2D eigenvalue weighted by atomic mass is 10.1. The molecule has 4 heterocycles. The summed E-state index contributed by atoms with van der Waals surface area (Å²) in [7, 11) is 0. The van der Waals surface area contributed by atoms with Gasteiger partial charge >= 0.3 is 0 Å². The highest BCUT2D eigenvalue weighted by Crippen LogP contribution is 2.29. The third-order valence-electron chi connectivity index (χ3n) is 5.55. The molecule has 10 heteroatoms. The molecule has 3 aromatic heterocycles. The molecule has 0 bridgehead atoms. The quantitative estimate of drug-likeness (QED) is 0.545. The molecule has 0 radical (unpaired) electrons. The monoisotopic (exact) mass is 423 g/mol. The maximum atomic E-state index is 13.4. The van der Waals surface area contributed by atoms with E-state index in [0.717, 1.165) is 16.8 Å². The van der Waals surface area contributed by atoms with Crippen molar-refractivity contribution in [2.75, 3.05) is 13.1 Å². The van der Waals surface area contributed by atoms with Crippen LogP contribution in [-0.2, 0) is 0 Å². The number of aromatic amines is 1. The smallest absolute Gasteiger partial charge is 0.255 e. The number of nitrogens with zero attached hydrogens (tertiary/aromatic N) is 6. The molecule has 1 fully saturated rings. The van der Waals surface area contributed by atoms with Gasteiger partial charge < -0.3 is 4.90 Å². The van der Waals surface area contributed by atoms with Crippen molar-refractivity contribution in [3.63, 3.8) is 0 Å². The van der Waals surface area contributed by atoms with Gasteiger partial charge in [-0.1, -0.05) is 0 Å². The number of alkyl halides is 2. The summed E-state index contributed by atoms with van der Waals surface area (Å²) in [5.41, 5.74) is 3.70. The first-order valence-corrected chi connectivity index (χ1v) is 9.89. The summed E-state index contributed by atoms with van der Waals surface area (Å²) in [6, 6.07) is 7.53. The van der Waals surface area contributed by atoms with Crippen molar-refractivity contribution in [1.82, 2.24) is 34.8 Å². The van der Waals surface area contributed by atoms with Gasteiger partial charge in [-0.2, -0.15) is 10.2 Å². The Balaban J connectivity index is 1.43. The maximum Gasteiger partial charge on any atom is 0.255 e. The number of hydrogen-bond acceptors (Lipinski definition) is 5. The Morgan fingerprint density at radius 1 is 1.13 bits per heavy atom. The number of carbonyl (C=O) groups is 1. The molecule has 0 saturated carbocycles. The largest absolute Gasteiger partial charge is 0.338 e. The van der Waals surface area contributed by atoms with Crippen molar-refractivity contribution in [2.24, 2.45) is 0 Å². The molecule has 1 N–H and O–H groups in total. The Kier molecular flexibility index (Phi) is 4.49. The second kappa shape index (κ2) is 7.22. The molecule has 0 atom stereocenters. The second-order valence-corrected chi connectivity index (χ2v) is 7.68. The summed E-state index contributed by atoms with van der Waals surface area (Å²) in [5.74, 6) is -2.30. The van der Waals surface area contributed by atoms with E-state index in [2.05, 4.69) is 25.3 Å². The average Bonchev–Trinajstić information content (AvgIpc) is 3.43. The highest BCUT2D eigenvalue weighted by molar-refractivity contribution is 5.97. The van der Waals surface area contributed by atoms with E-state index in [9.17, 15) is 13.6 Å². The molecule has 1 saturated heterocycles. The van der Waals surface area contributed by atoms with E-state index in [1.165, 1.54) is 17.4 Å². The van der Waals surface area contributed by atoms with Crippen molar-refractivity contribution < 1.29 is 13.6 Å². The first-order valence-electron chi connectivity index (χ1n) is 9.89. The van der Waals surface area contributed by atoms with Gasteiger partial charge in [0.2, 0.25) is 0 Å². The third-order valence-corrected chi connectivity index (χ3v) is 5.55. The van der Waals surface area contributed by atoms with Gasteiger partial charge in [-0.25, -0.2) is 23.4 Å². The molecule has 1 aliphatic heterocycles. The number of hydrogen-bond donors (Lipinski definition) is 1. The van der Waals surface area contributed by atoms with Crippen molar-refractivity contribution in [3.05, 3.63) is 54.1 Å². The summed E-state index contributed by atoms with van der Waals surface area (Å²) in [5, 5.41) is 11.9. The van der Waals surface area contributed by atoms with E-state index in [-0.39, 0.29) is 31.8 Å². The van der Waals surface area contributed by atoms with Crippen LogP contribution in [0.5, 0.6) is 0 Å². The van der Waals surface area contributed by atoms with Crippen LogP contribution in [0, 0.1) is 6.92 Å². The van der Waals surface area contributed by atoms with Gasteiger partial charge in [-0.05, 0) is 36.8 Å². The van der Waals surface area contributed by atoms with E-state index in [4.69, 9.17) is 0 Å². The number of pyridine rings is 1. The topological polar surface area (TPSA) is 92.6 Å². The first-order chi connectivity index (χ1) is 14.9. The van der Waals surface area contributed by atoms with Gasteiger partial charge in [0.15, 0.2) is 11.5 Å². The zero-order chi connectivity index (χ0) is 21.6. The lowest BCUT2D eigenvalue weighted by Gasteiger charge is -2.31. The molecule has 5 rings (SSSR count). The van der Waals surface area contributed by atoms with Crippen LogP contribution in [0.2, 0.25) is 0 Å². The van der Waals surface area contributed by atoms with Gasteiger partial charge in [0, 0.05) is 43.1 Å². The van der Waals surface area contributed by atoms with Crippen LogP contribution in [0.15, 0.2) is 43.0 Å². The van der Waals surface area contributed by atoms with E-state index in [1.54, 1.807) is 16.9 Å². The highest BCUT2D eigenvalue weighted by Gasteiger charge is 2.35. The van der Waals surface area contributed by atoms with Gasteiger partial charge in [0.25, 0.3) is 11.8 Å². The normalized spacial score (nSPS) is 16.0. The van der Waals surface area contributed by atoms with Crippen LogP contribution >= 0.6 is 0 Å². The fourth-order valence-corrected chi connectivity index (χ4v) is 3.82. The number of piperidine rings is 1. The minimum absolute atomic E-state index is 0.0415. The molecule has 0 aliphatic carbocycles. The molecular weight excluding hydrogens is 404 g/mol. The van der Waals surface area contributed by atoms with Crippen molar-refractivity contribution in [2.45, 2.75) is 25.7 Å². The molecule has 1 aliphatic rings. The number of nitrogens with one attached hydrogen (secondary N) is 1. The van der Waals surface area contributed by atoms with E-state index in [1.807, 2.05) is 25.1 Å². The number of likely N-dealkylation sites (tertiary alicyclic amines) is 1. The number of aromatic nitrogens is 6. The number of halogens is 2. The van der Waals surface area contributed by atoms with Gasteiger partial charge in [0.05, 0.1) is 17.4 Å². The molecule has 8 nitrogen and oxygen atoms in total. The predicted octanol–water partition coefficient (Wildman–Crippen LogP) is 3.39. The molecule has 1 amide bonds. The molecular formula is C21H19F2N7O. The minimum Gasteiger partial charge on any atom is -0.338 e. The SMILES string of the molecule is Cc1cc(-c2ncn[nH]2)ccc1-n1ncc2cc(C(=O)N3CCC(F)(F)CC3)cnc21. The lowest BCUT2D eigenvalue weighted by molar-refractivity contribution is -0.0494. The van der Waals surface area contributed by atoms with Gasteiger partial charge in [0.1, 0.15) is 6.33 Å². The van der Waals surface area contributed by atoms with Crippen LogP contribution in [0.4, 0.5) is 8.78 Å². The zero-order valence-electron chi connectivity index (χ0n) is 16.7. The number of benzene rings is 1. The molecule has 0 unspecified atom stereocenters. The number of aryl methyl sites for hydroxylation is 1. The van der Waals surface area contributed by atoms with Crippen LogP contribution in [0.3, 0.4) is 0 Å². The highest BCUT2D eigenvalue weighted by atomic mass is 19.3. The molecule has 31 heavy (non-hydrogen) atoms. The Morgan fingerprint density at radius 2 is 1.94 bits per heavy atom. The fraction of sp³-hybridized carbons (Fsp3) is 0.286. The van der Waals surface area contributed by atoms with Crippen molar-refractivity contribution in [1.29, 1.82) is 0 Å². The van der Waals surface area contributed by atoms with E-state index in [0.29, 0.717) is 22.4 Å². The number of H-pyrrole nitrogens is 1. The number of fused-ring (bicyclic) bond motifs is 1. The Bertz CT molecular complexity index is 1260. The van der Waals surface area contributed by atoms with E-state index >= 15 is 0 Å². The first kappa shape index (κ1) is 19.3. The van der Waals surface area contributed by atoms with Gasteiger partial charge in [-0.15, -0.1) is 0 Å². The molecule has 0 spiro atoms. The van der Waals surface area contributed by atoms with Gasteiger partial charge in [-0.3, -0.25) is 9.89 Å². The van der Waals surface area contributed by atoms with E-state index < -0.39 is 5.92 Å². The summed E-state index contributed by atoms with van der Waals surface area (Å²) in [6.07, 6.45) is 3.96. The summed E-state index contributed by atoms with van der Waals surface area (Å²) >= 11 is 0. The van der Waals surface area contributed by atoms with Crippen LogP contribution < -0.4 is 0 Å². The fourth-order valence-electron chi connectivity index (χ4n) is 3.82. The molecule has 4 aromatic rings. The summed E-state index contributed by atoms with van der Waals surface area (Å²) < 4.78 is 28.5. The Labute approximate surface area is 175 Å². The number of amides is 1. The number of rotatable bonds is 3. The average molecular weight is 423 g/mol. The summed E-state index contributed by atoms with van der Waals surface area (Å²) in [4.78, 5) is 22.8. The molecule has 158 valence electrons. The van der Waals surface area contributed by atoms with Crippen LogP contribution in [0.25, 0.3) is 28.1 Å². The number of carbonyl (C=O) groups excluding carboxylic acids is 1. The third kappa shape index (κ3) is 3.54. The second-order valence-electron chi connectivity index (χ2n) is 7.68.